The van der Waals surface area contributed by atoms with Crippen LogP contribution in [0.1, 0.15) is 36.8 Å². The summed E-state index contributed by atoms with van der Waals surface area (Å²) >= 11 is 0. The van der Waals surface area contributed by atoms with Gasteiger partial charge in [0.05, 0.1) is 0 Å². The summed E-state index contributed by atoms with van der Waals surface area (Å²) in [5, 5.41) is 9.75. The Morgan fingerprint density at radius 1 is 0.778 bits per heavy atom. The molecular weight excluding hydrogens is 328 g/mol. The first kappa shape index (κ1) is 17.4. The summed E-state index contributed by atoms with van der Waals surface area (Å²) in [5.74, 6) is 0.302. The van der Waals surface area contributed by atoms with E-state index < -0.39 is 0 Å². The second-order valence-corrected chi connectivity index (χ2v) is 7.05. The fourth-order valence-electron chi connectivity index (χ4n) is 3.83. The second kappa shape index (κ2) is 8.09. The zero-order chi connectivity index (χ0) is 18.5. The molecule has 2 aliphatic rings. The van der Waals surface area contributed by atoms with Crippen molar-refractivity contribution >= 4 is 5.57 Å². The average molecular weight is 352 g/mol. The van der Waals surface area contributed by atoms with E-state index in [4.69, 9.17) is 0 Å². The molecule has 0 aromatic heterocycles. The number of phenols is 1. The van der Waals surface area contributed by atoms with Crippen LogP contribution in [0, 0.1) is 0 Å². The molecule has 0 amide bonds. The Hall–Kier alpha value is -3.06. The van der Waals surface area contributed by atoms with Gasteiger partial charge in [-0.2, -0.15) is 0 Å². The Balaban J connectivity index is 1.81. The molecule has 27 heavy (non-hydrogen) atoms. The van der Waals surface area contributed by atoms with E-state index in [2.05, 4.69) is 66.8 Å². The highest BCUT2D eigenvalue weighted by atomic mass is 16.3. The van der Waals surface area contributed by atoms with Gasteiger partial charge in [-0.3, -0.25) is 0 Å². The lowest BCUT2D eigenvalue weighted by Crippen LogP contribution is -1.99. The predicted molar refractivity (Wildman–Crippen MR) is 113 cm³/mol. The third-order valence-electron chi connectivity index (χ3n) is 5.22. The number of benzene rings is 2. The summed E-state index contributed by atoms with van der Waals surface area (Å²) in [6.45, 7) is 0. The molecule has 0 spiro atoms. The Labute approximate surface area is 161 Å². The zero-order valence-corrected chi connectivity index (χ0v) is 15.4. The molecule has 1 nitrogen and oxygen atoms in total. The molecule has 134 valence electrons. The average Bonchev–Trinajstić information content (AvgIpc) is 3.41. The van der Waals surface area contributed by atoms with Gasteiger partial charge in [-0.1, -0.05) is 84.5 Å². The van der Waals surface area contributed by atoms with E-state index >= 15 is 0 Å². The Morgan fingerprint density at radius 3 is 2.15 bits per heavy atom. The van der Waals surface area contributed by atoms with E-state index in [9.17, 15) is 5.11 Å². The Morgan fingerprint density at radius 2 is 1.48 bits per heavy atom. The van der Waals surface area contributed by atoms with Crippen LogP contribution >= 0.6 is 0 Å². The van der Waals surface area contributed by atoms with Crippen molar-refractivity contribution in [1.29, 1.82) is 0 Å². The highest BCUT2D eigenvalue weighted by Gasteiger charge is 2.17. The van der Waals surface area contributed by atoms with Crippen molar-refractivity contribution in [3.8, 4) is 5.75 Å². The van der Waals surface area contributed by atoms with Crippen LogP contribution < -0.4 is 0 Å². The van der Waals surface area contributed by atoms with Gasteiger partial charge in [-0.15, -0.1) is 0 Å². The maximum absolute atomic E-state index is 9.75. The fourth-order valence-corrected chi connectivity index (χ4v) is 3.83. The van der Waals surface area contributed by atoms with Crippen LogP contribution in [0.4, 0.5) is 0 Å². The minimum atomic E-state index is 0.302. The third kappa shape index (κ3) is 4.03. The quantitative estimate of drug-likeness (QED) is 0.610. The number of rotatable bonds is 6. The molecule has 0 aliphatic heterocycles. The molecule has 0 fully saturated rings. The van der Waals surface area contributed by atoms with Crippen LogP contribution in [0.25, 0.3) is 5.57 Å². The molecule has 0 saturated carbocycles. The summed E-state index contributed by atoms with van der Waals surface area (Å²) in [4.78, 5) is 0. The van der Waals surface area contributed by atoms with Crippen molar-refractivity contribution < 1.29 is 5.11 Å². The van der Waals surface area contributed by atoms with Crippen LogP contribution in [0.5, 0.6) is 5.75 Å². The van der Waals surface area contributed by atoms with E-state index in [1.165, 1.54) is 27.9 Å². The summed E-state index contributed by atoms with van der Waals surface area (Å²) < 4.78 is 0. The zero-order valence-electron chi connectivity index (χ0n) is 15.4. The minimum absolute atomic E-state index is 0.302. The maximum atomic E-state index is 9.75. The second-order valence-electron chi connectivity index (χ2n) is 7.05. The smallest absolute Gasteiger partial charge is 0.115 e. The van der Waals surface area contributed by atoms with Gasteiger partial charge in [0, 0.05) is 0 Å². The van der Waals surface area contributed by atoms with Crippen molar-refractivity contribution in [2.24, 2.45) is 0 Å². The Kier molecular flexibility index (Phi) is 5.20. The van der Waals surface area contributed by atoms with Gasteiger partial charge in [0.15, 0.2) is 0 Å². The lowest BCUT2D eigenvalue weighted by molar-refractivity contribution is 0.475. The van der Waals surface area contributed by atoms with E-state index in [1.54, 1.807) is 12.1 Å². The molecule has 2 aromatic carbocycles. The largest absolute Gasteiger partial charge is 0.508 e. The molecule has 1 heteroatoms. The first-order chi connectivity index (χ1) is 13.3. The van der Waals surface area contributed by atoms with Crippen molar-refractivity contribution in [3.05, 3.63) is 119 Å². The van der Waals surface area contributed by atoms with Crippen molar-refractivity contribution in [2.45, 2.75) is 25.7 Å². The van der Waals surface area contributed by atoms with Gasteiger partial charge < -0.3 is 5.11 Å². The van der Waals surface area contributed by atoms with E-state index in [0.29, 0.717) is 5.75 Å². The van der Waals surface area contributed by atoms with Gasteiger partial charge >= 0.3 is 0 Å². The number of allylic oxidation sites excluding steroid dienone is 9. The Bertz CT molecular complexity index is 951. The number of aromatic hydroxyl groups is 1. The summed E-state index contributed by atoms with van der Waals surface area (Å²) in [5.41, 5.74) is 7.96. The summed E-state index contributed by atoms with van der Waals surface area (Å²) in [6.07, 6.45) is 17.4. The molecule has 0 radical (unpaired) electrons. The monoisotopic (exact) mass is 352 g/mol. The standard InChI is InChI=1S/C26H24O/c27-24-17-15-23(16-18-24)26(22-12-2-1-3-13-22)25(21-10-6-7-11-21)19-14-20-8-4-5-9-20/h1-8,10,12-13,15-18,27H,9,11,14,19H2/b26-25+. The van der Waals surface area contributed by atoms with Gasteiger partial charge in [0.25, 0.3) is 0 Å². The SMILES string of the molecule is Oc1ccc(/C(=C(\CCC2=CC=CC2)C2=CC=CC2)c2ccccc2)cc1. The highest BCUT2D eigenvalue weighted by Crippen LogP contribution is 2.37. The van der Waals surface area contributed by atoms with Crippen LogP contribution in [-0.4, -0.2) is 5.11 Å². The van der Waals surface area contributed by atoms with E-state index in [-0.39, 0.29) is 0 Å². The van der Waals surface area contributed by atoms with E-state index in [1.807, 2.05) is 12.1 Å². The number of hydrogen-bond acceptors (Lipinski definition) is 1. The first-order valence-corrected chi connectivity index (χ1v) is 9.60. The van der Waals surface area contributed by atoms with E-state index in [0.717, 1.165) is 31.2 Å². The fraction of sp³-hybridized carbons (Fsp3) is 0.154. The molecule has 1 N–H and O–H groups in total. The topological polar surface area (TPSA) is 20.2 Å². The maximum Gasteiger partial charge on any atom is 0.115 e. The van der Waals surface area contributed by atoms with Crippen LogP contribution in [0.3, 0.4) is 0 Å². The first-order valence-electron chi connectivity index (χ1n) is 9.60. The lowest BCUT2D eigenvalue weighted by atomic mass is 9.86. The van der Waals surface area contributed by atoms with Crippen LogP contribution in [0.2, 0.25) is 0 Å². The molecule has 0 unspecified atom stereocenters. The molecule has 0 bridgehead atoms. The van der Waals surface area contributed by atoms with Crippen LogP contribution in [-0.2, 0) is 0 Å². The predicted octanol–water partition coefficient (Wildman–Crippen LogP) is 6.75. The molecule has 2 aliphatic carbocycles. The van der Waals surface area contributed by atoms with Gasteiger partial charge in [0.2, 0.25) is 0 Å². The van der Waals surface area contributed by atoms with Gasteiger partial charge in [-0.05, 0) is 65.7 Å². The third-order valence-corrected chi connectivity index (χ3v) is 5.22. The van der Waals surface area contributed by atoms with Gasteiger partial charge in [-0.25, -0.2) is 0 Å². The van der Waals surface area contributed by atoms with Crippen molar-refractivity contribution in [2.75, 3.05) is 0 Å². The molecule has 0 atom stereocenters. The molecule has 0 heterocycles. The van der Waals surface area contributed by atoms with Crippen LogP contribution in [0.15, 0.2) is 108 Å². The normalized spacial score (nSPS) is 16.3. The minimum Gasteiger partial charge on any atom is -0.508 e. The summed E-state index contributed by atoms with van der Waals surface area (Å²) in [6, 6.07) is 18.2. The summed E-state index contributed by atoms with van der Waals surface area (Å²) in [7, 11) is 0. The molecule has 0 saturated heterocycles. The van der Waals surface area contributed by atoms with Gasteiger partial charge in [0.1, 0.15) is 5.75 Å². The van der Waals surface area contributed by atoms with Crippen molar-refractivity contribution in [3.63, 3.8) is 0 Å². The number of hydrogen-bond donors (Lipinski definition) is 1. The number of phenolic OH excluding ortho intramolecular Hbond substituents is 1. The molecular formula is C26H24O. The molecule has 4 rings (SSSR count). The molecule has 2 aromatic rings. The lowest BCUT2D eigenvalue weighted by Gasteiger charge is -2.19. The van der Waals surface area contributed by atoms with Crippen molar-refractivity contribution in [1.82, 2.24) is 0 Å². The highest BCUT2D eigenvalue weighted by molar-refractivity contribution is 5.85.